The molecule has 1 aromatic carbocycles. The number of likely N-dealkylation sites (tertiary alicyclic amines) is 1. The van der Waals surface area contributed by atoms with E-state index in [1.165, 1.54) is 88.0 Å². The van der Waals surface area contributed by atoms with Crippen LogP contribution in [0.1, 0.15) is 70.3 Å². The average molecular weight is 439 g/mol. The third-order valence-electron chi connectivity index (χ3n) is 5.73. The van der Waals surface area contributed by atoms with E-state index in [2.05, 4.69) is 6.92 Å². The van der Waals surface area contributed by atoms with Crippen LogP contribution in [0.15, 0.2) is 18.2 Å². The molecule has 0 saturated carbocycles. The van der Waals surface area contributed by atoms with Crippen LogP contribution < -0.4 is 4.74 Å². The van der Waals surface area contributed by atoms with Crippen molar-refractivity contribution in [2.45, 2.75) is 71.6 Å². The first-order valence-electron chi connectivity index (χ1n) is 10.4. The Labute approximate surface area is 185 Å². The monoisotopic (exact) mass is 439 g/mol. The van der Waals surface area contributed by atoms with Crippen molar-refractivity contribution in [1.82, 2.24) is 0 Å². The molecule has 26 heavy (non-hydrogen) atoms. The number of rotatable bonds is 9. The summed E-state index contributed by atoms with van der Waals surface area (Å²) in [6.07, 6.45) is 12.0. The molecule has 0 aliphatic carbocycles. The molecule has 0 unspecified atom stereocenters. The van der Waals surface area contributed by atoms with E-state index in [1.54, 1.807) is 6.07 Å². The predicted octanol–water partition coefficient (Wildman–Crippen LogP) is 5.87. The Morgan fingerprint density at radius 2 is 1.65 bits per heavy atom. The van der Waals surface area contributed by atoms with Gasteiger partial charge in [0.15, 0.2) is 11.6 Å². The minimum Gasteiger partial charge on any atom is -0.484 e. The standard InChI is InChI=1S/C22H37FNO.Y/c1-3-4-5-9-15-24(16-10-7-6-8-11-17-24)18-19-25-22-20(2)13-12-14-21(22)23;/h12-14H,3-11,15-19H2,1-2H3;/q+1;. The largest absolute Gasteiger partial charge is 0.484 e. The smallest absolute Gasteiger partial charge is 0.165 e. The molecule has 0 atom stereocenters. The van der Waals surface area contributed by atoms with Gasteiger partial charge in [-0.3, -0.25) is 0 Å². The number of unbranched alkanes of at least 4 members (excludes halogenated alkanes) is 3. The van der Waals surface area contributed by atoms with E-state index >= 15 is 0 Å². The van der Waals surface area contributed by atoms with Gasteiger partial charge in [0, 0.05) is 32.7 Å². The van der Waals surface area contributed by atoms with Gasteiger partial charge in [0.05, 0.1) is 19.6 Å². The minimum atomic E-state index is -0.234. The van der Waals surface area contributed by atoms with Gasteiger partial charge in [0.2, 0.25) is 0 Å². The third kappa shape index (κ3) is 7.94. The normalized spacial score (nSPS) is 17.0. The molecule has 0 spiro atoms. The summed E-state index contributed by atoms with van der Waals surface area (Å²) in [5, 5.41) is 0. The van der Waals surface area contributed by atoms with E-state index in [9.17, 15) is 4.39 Å². The van der Waals surface area contributed by atoms with Crippen molar-refractivity contribution in [2.24, 2.45) is 0 Å². The second-order valence-corrected chi connectivity index (χ2v) is 7.80. The van der Waals surface area contributed by atoms with Crippen molar-refractivity contribution >= 4 is 0 Å². The first-order chi connectivity index (χ1) is 12.2. The zero-order valence-corrected chi connectivity index (χ0v) is 19.8. The molecule has 0 bridgehead atoms. The number of nitrogens with zero attached hydrogens (tertiary/aromatic N) is 1. The van der Waals surface area contributed by atoms with E-state index in [0.717, 1.165) is 12.1 Å². The first kappa shape index (κ1) is 24.1. The molecule has 1 heterocycles. The van der Waals surface area contributed by atoms with Gasteiger partial charge in [-0.1, -0.05) is 38.3 Å². The molecule has 145 valence electrons. The van der Waals surface area contributed by atoms with Gasteiger partial charge >= 0.3 is 0 Å². The van der Waals surface area contributed by atoms with Gasteiger partial charge in [-0.05, 0) is 57.1 Å². The van der Waals surface area contributed by atoms with Crippen LogP contribution >= 0.6 is 0 Å². The van der Waals surface area contributed by atoms with Crippen LogP contribution in [0.2, 0.25) is 0 Å². The van der Waals surface area contributed by atoms with Crippen LogP contribution in [0.4, 0.5) is 4.39 Å². The summed E-state index contributed by atoms with van der Waals surface area (Å²) in [7, 11) is 0. The molecule has 2 nitrogen and oxygen atoms in total. The molecule has 2 rings (SSSR count). The molecule has 1 aliphatic rings. The van der Waals surface area contributed by atoms with Crippen molar-refractivity contribution < 1.29 is 46.3 Å². The summed E-state index contributed by atoms with van der Waals surface area (Å²) in [6.45, 7) is 9.63. The zero-order chi connectivity index (χ0) is 18.0. The van der Waals surface area contributed by atoms with Gasteiger partial charge in [-0.25, -0.2) is 4.39 Å². The van der Waals surface area contributed by atoms with Crippen molar-refractivity contribution in [1.29, 1.82) is 0 Å². The molecule has 1 aliphatic heterocycles. The molecule has 0 aromatic heterocycles. The molecular formula is C22H37FNOY+. The number of para-hydroxylation sites is 1. The fourth-order valence-corrected chi connectivity index (χ4v) is 4.11. The van der Waals surface area contributed by atoms with Crippen LogP contribution in [0.5, 0.6) is 5.75 Å². The number of hydrogen-bond donors (Lipinski definition) is 0. The predicted molar refractivity (Wildman–Crippen MR) is 104 cm³/mol. The summed E-state index contributed by atoms with van der Waals surface area (Å²) >= 11 is 0. The number of benzene rings is 1. The van der Waals surface area contributed by atoms with Crippen LogP contribution in [-0.4, -0.2) is 37.3 Å². The zero-order valence-electron chi connectivity index (χ0n) is 16.9. The second kappa shape index (κ2) is 13.2. The fraction of sp³-hybridized carbons (Fsp3) is 0.727. The van der Waals surface area contributed by atoms with E-state index in [1.807, 2.05) is 13.0 Å². The SMILES string of the molecule is CCCCCC[N+]1(CCOc2c(C)cccc2F)CCCCCCC1.[Y]. The second-order valence-electron chi connectivity index (χ2n) is 7.80. The Kier molecular flexibility index (Phi) is 12.2. The van der Waals surface area contributed by atoms with Gasteiger partial charge in [0.25, 0.3) is 0 Å². The van der Waals surface area contributed by atoms with E-state index < -0.39 is 0 Å². The Bertz CT molecular complexity index is 481. The van der Waals surface area contributed by atoms with Crippen molar-refractivity contribution in [3.63, 3.8) is 0 Å². The summed E-state index contributed by atoms with van der Waals surface area (Å²) < 4.78 is 21.1. The third-order valence-corrected chi connectivity index (χ3v) is 5.73. The summed E-state index contributed by atoms with van der Waals surface area (Å²) in [5.41, 5.74) is 0.891. The maximum absolute atomic E-state index is 14.0. The van der Waals surface area contributed by atoms with Gasteiger partial charge in [-0.15, -0.1) is 0 Å². The summed E-state index contributed by atoms with van der Waals surface area (Å²) in [5.74, 6) is 0.209. The van der Waals surface area contributed by atoms with Gasteiger partial charge in [0.1, 0.15) is 13.2 Å². The molecule has 0 N–H and O–H groups in total. The van der Waals surface area contributed by atoms with Gasteiger partial charge < -0.3 is 9.22 Å². The minimum absolute atomic E-state index is 0. The maximum Gasteiger partial charge on any atom is 0.165 e. The first-order valence-corrected chi connectivity index (χ1v) is 10.4. The number of halogens is 1. The van der Waals surface area contributed by atoms with Crippen LogP contribution in [0.25, 0.3) is 0 Å². The molecule has 1 radical (unpaired) electrons. The average Bonchev–Trinajstić information content (AvgIpc) is 2.57. The topological polar surface area (TPSA) is 9.23 Å². The van der Waals surface area contributed by atoms with E-state index in [-0.39, 0.29) is 38.5 Å². The van der Waals surface area contributed by atoms with Crippen molar-refractivity contribution in [3.05, 3.63) is 29.6 Å². The molecule has 4 heteroatoms. The number of quaternary nitrogens is 1. The van der Waals surface area contributed by atoms with Crippen LogP contribution in [-0.2, 0) is 32.7 Å². The quantitative estimate of drug-likeness (QED) is 0.345. The molecule has 1 aromatic rings. The van der Waals surface area contributed by atoms with Crippen molar-refractivity contribution in [3.8, 4) is 5.75 Å². The van der Waals surface area contributed by atoms with Crippen LogP contribution in [0.3, 0.4) is 0 Å². The van der Waals surface area contributed by atoms with E-state index in [0.29, 0.717) is 12.4 Å². The van der Waals surface area contributed by atoms with E-state index in [4.69, 9.17) is 4.74 Å². The maximum atomic E-state index is 14.0. The number of ether oxygens (including phenoxy) is 1. The Morgan fingerprint density at radius 3 is 2.31 bits per heavy atom. The summed E-state index contributed by atoms with van der Waals surface area (Å²) in [4.78, 5) is 0. The van der Waals surface area contributed by atoms with Crippen LogP contribution in [0, 0.1) is 12.7 Å². The molecular weight excluding hydrogens is 402 g/mol. The molecule has 1 fully saturated rings. The fourth-order valence-electron chi connectivity index (χ4n) is 4.11. The van der Waals surface area contributed by atoms with Gasteiger partial charge in [-0.2, -0.15) is 0 Å². The number of aryl methyl sites for hydroxylation is 1. The molecule has 1 saturated heterocycles. The summed E-state index contributed by atoms with van der Waals surface area (Å²) in [6, 6.07) is 5.16. The Morgan fingerprint density at radius 1 is 0.962 bits per heavy atom. The Hall–Kier alpha value is 0.0139. The number of hydrogen-bond acceptors (Lipinski definition) is 1. The van der Waals surface area contributed by atoms with Crippen molar-refractivity contribution in [2.75, 3.05) is 32.8 Å². The Balaban J connectivity index is 0.00000338. The molecule has 0 amide bonds.